The lowest BCUT2D eigenvalue weighted by molar-refractivity contribution is -0.138. The molecule has 0 aromatic heterocycles. The number of carbonyl (C=O) groups is 1. The standard InChI is InChI=1S/C11H11Cl2NO2S/c12-8-2-1-7(3-9(8)13)17-11(4-10(15)16)5-14-6-11/h1-3,14H,4-6H2,(H,15,16). The van der Waals surface area contributed by atoms with Crippen LogP contribution in [0.5, 0.6) is 0 Å². The Balaban J connectivity index is 2.13. The van der Waals surface area contributed by atoms with E-state index in [1.54, 1.807) is 23.9 Å². The van der Waals surface area contributed by atoms with Gasteiger partial charge in [-0.05, 0) is 18.2 Å². The third kappa shape index (κ3) is 3.07. The maximum Gasteiger partial charge on any atom is 0.304 e. The summed E-state index contributed by atoms with van der Waals surface area (Å²) in [5, 5.41) is 13.0. The quantitative estimate of drug-likeness (QED) is 0.896. The highest BCUT2D eigenvalue weighted by Gasteiger charge is 2.40. The lowest BCUT2D eigenvalue weighted by atomic mass is 9.98. The topological polar surface area (TPSA) is 49.3 Å². The van der Waals surface area contributed by atoms with Crippen LogP contribution in [0.15, 0.2) is 23.1 Å². The highest BCUT2D eigenvalue weighted by atomic mass is 35.5. The highest BCUT2D eigenvalue weighted by molar-refractivity contribution is 8.00. The zero-order valence-corrected chi connectivity index (χ0v) is 11.2. The molecule has 17 heavy (non-hydrogen) atoms. The number of carboxylic acid groups (broad SMARTS) is 1. The first-order chi connectivity index (χ1) is 8.01. The second-order valence-corrected chi connectivity index (χ2v) is 6.39. The normalized spacial score (nSPS) is 17.5. The van der Waals surface area contributed by atoms with Gasteiger partial charge in [-0.15, -0.1) is 11.8 Å². The molecule has 1 aromatic carbocycles. The fraction of sp³-hybridized carbons (Fsp3) is 0.364. The van der Waals surface area contributed by atoms with E-state index in [-0.39, 0.29) is 11.2 Å². The molecule has 1 fully saturated rings. The molecule has 3 nitrogen and oxygen atoms in total. The van der Waals surface area contributed by atoms with Gasteiger partial charge in [0.25, 0.3) is 0 Å². The zero-order valence-electron chi connectivity index (χ0n) is 8.87. The van der Waals surface area contributed by atoms with Crippen LogP contribution in [0.4, 0.5) is 0 Å². The maximum atomic E-state index is 10.8. The molecule has 0 amide bonds. The Kier molecular flexibility index (Phi) is 3.88. The van der Waals surface area contributed by atoms with E-state index >= 15 is 0 Å². The van der Waals surface area contributed by atoms with E-state index in [0.29, 0.717) is 23.1 Å². The predicted molar refractivity (Wildman–Crippen MR) is 70.2 cm³/mol. The summed E-state index contributed by atoms with van der Waals surface area (Å²) < 4.78 is -0.261. The van der Waals surface area contributed by atoms with E-state index in [1.165, 1.54) is 0 Å². The molecular formula is C11H11Cl2NO2S. The first-order valence-corrected chi connectivity index (χ1v) is 6.65. The molecule has 0 saturated carbocycles. The number of hydrogen-bond donors (Lipinski definition) is 2. The van der Waals surface area contributed by atoms with Gasteiger partial charge in [0, 0.05) is 18.0 Å². The fourth-order valence-electron chi connectivity index (χ4n) is 1.70. The average molecular weight is 292 g/mol. The number of halogens is 2. The molecule has 6 heteroatoms. The number of nitrogens with one attached hydrogen (secondary N) is 1. The summed E-state index contributed by atoms with van der Waals surface area (Å²) in [5.74, 6) is -0.779. The Morgan fingerprint density at radius 1 is 1.41 bits per heavy atom. The number of hydrogen-bond acceptors (Lipinski definition) is 3. The highest BCUT2D eigenvalue weighted by Crippen LogP contribution is 2.40. The van der Waals surface area contributed by atoms with Crippen molar-refractivity contribution in [2.24, 2.45) is 0 Å². The van der Waals surface area contributed by atoms with Crippen molar-refractivity contribution in [3.05, 3.63) is 28.2 Å². The van der Waals surface area contributed by atoms with Gasteiger partial charge >= 0.3 is 5.97 Å². The van der Waals surface area contributed by atoms with E-state index in [0.717, 1.165) is 4.90 Å². The minimum Gasteiger partial charge on any atom is -0.481 e. The van der Waals surface area contributed by atoms with Crippen molar-refractivity contribution in [3.8, 4) is 0 Å². The largest absolute Gasteiger partial charge is 0.481 e. The van der Waals surface area contributed by atoms with Gasteiger partial charge < -0.3 is 10.4 Å². The van der Waals surface area contributed by atoms with Crippen molar-refractivity contribution in [2.45, 2.75) is 16.1 Å². The van der Waals surface area contributed by atoms with Crippen LogP contribution in [0, 0.1) is 0 Å². The van der Waals surface area contributed by atoms with Crippen LogP contribution in [0.3, 0.4) is 0 Å². The van der Waals surface area contributed by atoms with Crippen LogP contribution in [0.2, 0.25) is 10.0 Å². The number of benzene rings is 1. The molecule has 0 radical (unpaired) electrons. The molecule has 0 atom stereocenters. The monoisotopic (exact) mass is 291 g/mol. The third-order valence-electron chi connectivity index (χ3n) is 2.59. The lowest BCUT2D eigenvalue weighted by Gasteiger charge is -2.40. The molecule has 0 bridgehead atoms. The first kappa shape index (κ1) is 13.0. The van der Waals surface area contributed by atoms with E-state index in [1.807, 2.05) is 6.07 Å². The molecule has 0 unspecified atom stereocenters. The van der Waals surface area contributed by atoms with Gasteiger partial charge in [0.05, 0.1) is 21.2 Å². The molecule has 92 valence electrons. The van der Waals surface area contributed by atoms with Crippen molar-refractivity contribution < 1.29 is 9.90 Å². The van der Waals surface area contributed by atoms with Gasteiger partial charge in [0.2, 0.25) is 0 Å². The Morgan fingerprint density at radius 3 is 2.59 bits per heavy atom. The van der Waals surface area contributed by atoms with Crippen LogP contribution in [0.1, 0.15) is 6.42 Å². The average Bonchev–Trinajstić information content (AvgIpc) is 2.19. The molecular weight excluding hydrogens is 281 g/mol. The fourth-order valence-corrected chi connectivity index (χ4v) is 3.42. The zero-order chi connectivity index (χ0) is 12.5. The smallest absolute Gasteiger partial charge is 0.304 e. The van der Waals surface area contributed by atoms with Crippen molar-refractivity contribution in [2.75, 3.05) is 13.1 Å². The summed E-state index contributed by atoms with van der Waals surface area (Å²) in [5.41, 5.74) is 0. The van der Waals surface area contributed by atoms with E-state index < -0.39 is 5.97 Å². The minimum atomic E-state index is -0.779. The summed E-state index contributed by atoms with van der Waals surface area (Å²) in [6.45, 7) is 1.40. The summed E-state index contributed by atoms with van der Waals surface area (Å²) in [4.78, 5) is 11.8. The van der Waals surface area contributed by atoms with Gasteiger partial charge in [-0.1, -0.05) is 23.2 Å². The van der Waals surface area contributed by atoms with Crippen LogP contribution in [-0.4, -0.2) is 28.9 Å². The van der Waals surface area contributed by atoms with E-state index in [2.05, 4.69) is 5.32 Å². The maximum absolute atomic E-state index is 10.8. The van der Waals surface area contributed by atoms with Crippen LogP contribution in [-0.2, 0) is 4.79 Å². The molecule has 1 heterocycles. The summed E-state index contributed by atoms with van der Waals surface area (Å²) in [6.07, 6.45) is 0.144. The molecule has 2 rings (SSSR count). The second kappa shape index (κ2) is 5.06. The van der Waals surface area contributed by atoms with Gasteiger partial charge in [-0.25, -0.2) is 0 Å². The molecule has 1 aromatic rings. The van der Waals surface area contributed by atoms with Gasteiger partial charge in [-0.3, -0.25) is 4.79 Å². The molecule has 2 N–H and O–H groups in total. The Morgan fingerprint density at radius 2 is 2.12 bits per heavy atom. The predicted octanol–water partition coefficient (Wildman–Crippen LogP) is 2.90. The van der Waals surface area contributed by atoms with Gasteiger partial charge in [0.1, 0.15) is 0 Å². The van der Waals surface area contributed by atoms with Crippen molar-refractivity contribution in [3.63, 3.8) is 0 Å². The molecule has 0 spiro atoms. The lowest BCUT2D eigenvalue weighted by Crippen LogP contribution is -2.57. The van der Waals surface area contributed by atoms with Crippen LogP contribution >= 0.6 is 35.0 Å². The SMILES string of the molecule is O=C(O)CC1(Sc2ccc(Cl)c(Cl)c2)CNC1. The van der Waals surface area contributed by atoms with Crippen LogP contribution in [0.25, 0.3) is 0 Å². The Hall–Kier alpha value is -0.420. The number of thioether (sulfide) groups is 1. The Labute approximate surface area is 113 Å². The first-order valence-electron chi connectivity index (χ1n) is 5.07. The van der Waals surface area contributed by atoms with Crippen molar-refractivity contribution in [1.29, 1.82) is 0 Å². The molecule has 1 aliphatic heterocycles. The molecule has 0 aliphatic carbocycles. The van der Waals surface area contributed by atoms with Gasteiger partial charge in [0.15, 0.2) is 0 Å². The van der Waals surface area contributed by atoms with Gasteiger partial charge in [-0.2, -0.15) is 0 Å². The van der Waals surface area contributed by atoms with E-state index in [4.69, 9.17) is 28.3 Å². The summed E-state index contributed by atoms with van der Waals surface area (Å²) >= 11 is 13.3. The number of aliphatic carboxylic acids is 1. The number of carboxylic acids is 1. The molecule has 1 saturated heterocycles. The molecule has 1 aliphatic rings. The number of rotatable bonds is 4. The van der Waals surface area contributed by atoms with Crippen molar-refractivity contribution in [1.82, 2.24) is 5.32 Å². The Bertz CT molecular complexity index is 449. The van der Waals surface area contributed by atoms with Crippen LogP contribution < -0.4 is 5.32 Å². The summed E-state index contributed by atoms with van der Waals surface area (Å²) in [6, 6.07) is 5.37. The van der Waals surface area contributed by atoms with E-state index in [9.17, 15) is 4.79 Å². The second-order valence-electron chi connectivity index (χ2n) is 4.04. The third-order valence-corrected chi connectivity index (χ3v) is 4.69. The van der Waals surface area contributed by atoms with Crippen molar-refractivity contribution >= 4 is 40.9 Å². The summed E-state index contributed by atoms with van der Waals surface area (Å²) in [7, 11) is 0. The minimum absolute atomic E-state index is 0.144.